The normalized spacial score (nSPS) is 16.5. The van der Waals surface area contributed by atoms with E-state index in [0.29, 0.717) is 0 Å². The van der Waals surface area contributed by atoms with Crippen molar-refractivity contribution in [3.63, 3.8) is 0 Å². The van der Waals surface area contributed by atoms with E-state index in [9.17, 15) is 0 Å². The molecule has 4 nitrogen and oxygen atoms in total. The lowest BCUT2D eigenvalue weighted by Gasteiger charge is -2.25. The predicted molar refractivity (Wildman–Crippen MR) is 68.7 cm³/mol. The molecule has 2 N–H and O–H groups in total. The highest BCUT2D eigenvalue weighted by molar-refractivity contribution is 5.08. The summed E-state index contributed by atoms with van der Waals surface area (Å²) in [6.07, 6.45) is 4.37. The zero-order valence-electron chi connectivity index (χ0n) is 11.2. The van der Waals surface area contributed by atoms with E-state index in [4.69, 9.17) is 10.5 Å². The summed E-state index contributed by atoms with van der Waals surface area (Å²) in [5.74, 6) is 0.739. The van der Waals surface area contributed by atoms with Crippen LogP contribution < -0.4 is 5.73 Å². The molecule has 0 bridgehead atoms. The van der Waals surface area contributed by atoms with Gasteiger partial charge in [-0.25, -0.2) is 9.97 Å². The Kier molecular flexibility index (Phi) is 5.02. The van der Waals surface area contributed by atoms with Gasteiger partial charge in [0.2, 0.25) is 0 Å². The van der Waals surface area contributed by atoms with E-state index in [1.54, 1.807) is 13.3 Å². The van der Waals surface area contributed by atoms with Gasteiger partial charge in [-0.15, -0.1) is 0 Å². The molecule has 2 unspecified atom stereocenters. The van der Waals surface area contributed by atoms with Gasteiger partial charge in [-0.1, -0.05) is 13.8 Å². The molecule has 0 radical (unpaired) electrons. The van der Waals surface area contributed by atoms with Crippen LogP contribution in [0.3, 0.4) is 0 Å². The maximum atomic E-state index is 5.94. The number of hydrogen-bond acceptors (Lipinski definition) is 4. The molecule has 0 aliphatic carbocycles. The van der Waals surface area contributed by atoms with Crippen molar-refractivity contribution in [1.82, 2.24) is 9.97 Å². The minimum absolute atomic E-state index is 0.160. The lowest BCUT2D eigenvalue weighted by Crippen LogP contribution is -2.28. The van der Waals surface area contributed by atoms with Gasteiger partial charge in [-0.05, 0) is 25.8 Å². The second-order valence-corrected chi connectivity index (χ2v) is 4.53. The molecule has 0 aromatic carbocycles. The highest BCUT2D eigenvalue weighted by Gasteiger charge is 2.27. The minimum Gasteiger partial charge on any atom is -0.371 e. The Balaban J connectivity index is 2.92. The Labute approximate surface area is 104 Å². The van der Waals surface area contributed by atoms with Crippen molar-refractivity contribution in [2.24, 2.45) is 5.73 Å². The lowest BCUT2D eigenvalue weighted by atomic mass is 10.0. The maximum absolute atomic E-state index is 5.94. The smallest absolute Gasteiger partial charge is 0.160 e. The third kappa shape index (κ3) is 3.48. The van der Waals surface area contributed by atoms with Crippen LogP contribution in [-0.4, -0.2) is 23.1 Å². The molecular weight excluding hydrogens is 214 g/mol. The number of nitrogens with two attached hydrogens (primary N) is 1. The molecule has 0 saturated carbocycles. The average molecular weight is 237 g/mol. The van der Waals surface area contributed by atoms with Gasteiger partial charge in [0.15, 0.2) is 5.82 Å². The molecule has 0 spiro atoms. The molecule has 1 rings (SSSR count). The van der Waals surface area contributed by atoms with Crippen LogP contribution in [-0.2, 0) is 16.8 Å². The Morgan fingerprint density at radius 3 is 2.71 bits per heavy atom. The first-order valence-corrected chi connectivity index (χ1v) is 6.18. The van der Waals surface area contributed by atoms with Crippen molar-refractivity contribution in [3.05, 3.63) is 23.8 Å². The summed E-state index contributed by atoms with van der Waals surface area (Å²) >= 11 is 0. The van der Waals surface area contributed by atoms with Crippen molar-refractivity contribution in [3.8, 4) is 0 Å². The second kappa shape index (κ2) is 6.07. The van der Waals surface area contributed by atoms with Crippen LogP contribution in [0.4, 0.5) is 0 Å². The van der Waals surface area contributed by atoms with Crippen LogP contribution in [0.25, 0.3) is 0 Å². The van der Waals surface area contributed by atoms with Crippen LogP contribution in [0, 0.1) is 0 Å². The first-order chi connectivity index (χ1) is 8.05. The van der Waals surface area contributed by atoms with Crippen LogP contribution in [0.5, 0.6) is 0 Å². The topological polar surface area (TPSA) is 61.0 Å². The second-order valence-electron chi connectivity index (χ2n) is 4.53. The van der Waals surface area contributed by atoms with Crippen LogP contribution in [0.2, 0.25) is 0 Å². The van der Waals surface area contributed by atoms with Gasteiger partial charge in [0.1, 0.15) is 5.60 Å². The summed E-state index contributed by atoms with van der Waals surface area (Å²) in [5.41, 5.74) is 6.51. The molecule has 17 heavy (non-hydrogen) atoms. The van der Waals surface area contributed by atoms with E-state index < -0.39 is 5.60 Å². The van der Waals surface area contributed by atoms with E-state index in [0.717, 1.165) is 30.8 Å². The first kappa shape index (κ1) is 14.1. The van der Waals surface area contributed by atoms with Crippen molar-refractivity contribution < 1.29 is 4.74 Å². The van der Waals surface area contributed by atoms with E-state index in [1.807, 2.05) is 13.0 Å². The Morgan fingerprint density at radius 1 is 1.47 bits per heavy atom. The summed E-state index contributed by atoms with van der Waals surface area (Å²) in [5, 5.41) is 0. The summed E-state index contributed by atoms with van der Waals surface area (Å²) < 4.78 is 5.50. The average Bonchev–Trinajstić information content (AvgIpc) is 2.38. The highest BCUT2D eigenvalue weighted by atomic mass is 16.5. The van der Waals surface area contributed by atoms with Gasteiger partial charge in [-0.2, -0.15) is 0 Å². The maximum Gasteiger partial charge on any atom is 0.160 e. The fourth-order valence-electron chi connectivity index (χ4n) is 1.57. The molecule has 4 heteroatoms. The fourth-order valence-corrected chi connectivity index (χ4v) is 1.57. The van der Waals surface area contributed by atoms with E-state index in [2.05, 4.69) is 23.8 Å². The molecule has 0 aliphatic rings. The van der Waals surface area contributed by atoms with Crippen molar-refractivity contribution in [2.75, 3.05) is 7.11 Å². The number of ether oxygens (including phenoxy) is 1. The molecule has 1 heterocycles. The zero-order valence-corrected chi connectivity index (χ0v) is 11.2. The quantitative estimate of drug-likeness (QED) is 0.822. The standard InChI is InChI=1S/C13H23N3O/c1-5-10(14)9-11-7-8-15-12(16-11)13(3,6-2)17-4/h7-8,10H,5-6,9,14H2,1-4H3. The van der Waals surface area contributed by atoms with Gasteiger partial charge < -0.3 is 10.5 Å². The fraction of sp³-hybridized carbons (Fsp3) is 0.692. The molecule has 0 saturated heterocycles. The summed E-state index contributed by atoms with van der Waals surface area (Å²) in [6.45, 7) is 6.15. The van der Waals surface area contributed by atoms with Crippen LogP contribution >= 0.6 is 0 Å². The van der Waals surface area contributed by atoms with Gasteiger partial charge in [0.25, 0.3) is 0 Å². The van der Waals surface area contributed by atoms with Gasteiger partial charge in [-0.3, -0.25) is 0 Å². The summed E-state index contributed by atoms with van der Waals surface area (Å²) in [7, 11) is 1.69. The molecule has 96 valence electrons. The monoisotopic (exact) mass is 237 g/mol. The lowest BCUT2D eigenvalue weighted by molar-refractivity contribution is -0.00917. The molecule has 1 aromatic heterocycles. The number of hydrogen-bond donors (Lipinski definition) is 1. The Hall–Kier alpha value is -1.00. The molecular formula is C13H23N3O. The summed E-state index contributed by atoms with van der Waals surface area (Å²) in [4.78, 5) is 8.87. The van der Waals surface area contributed by atoms with Crippen molar-refractivity contribution in [1.29, 1.82) is 0 Å². The molecule has 2 atom stereocenters. The van der Waals surface area contributed by atoms with Crippen LogP contribution in [0.1, 0.15) is 45.1 Å². The van der Waals surface area contributed by atoms with Crippen molar-refractivity contribution >= 4 is 0 Å². The predicted octanol–water partition coefficient (Wildman–Crippen LogP) is 2.03. The molecule has 1 aromatic rings. The molecule has 0 amide bonds. The van der Waals surface area contributed by atoms with Crippen LogP contribution in [0.15, 0.2) is 12.3 Å². The Morgan fingerprint density at radius 2 is 2.18 bits per heavy atom. The number of methoxy groups -OCH3 is 1. The third-order valence-electron chi connectivity index (χ3n) is 3.31. The molecule has 0 fully saturated rings. The minimum atomic E-state index is -0.410. The third-order valence-corrected chi connectivity index (χ3v) is 3.31. The van der Waals surface area contributed by atoms with E-state index in [1.165, 1.54) is 0 Å². The van der Waals surface area contributed by atoms with Gasteiger partial charge in [0.05, 0.1) is 0 Å². The van der Waals surface area contributed by atoms with E-state index in [-0.39, 0.29) is 6.04 Å². The van der Waals surface area contributed by atoms with Gasteiger partial charge >= 0.3 is 0 Å². The number of aromatic nitrogens is 2. The molecule has 0 aliphatic heterocycles. The number of rotatable bonds is 6. The zero-order chi connectivity index (χ0) is 12.9. The van der Waals surface area contributed by atoms with Crippen molar-refractivity contribution in [2.45, 2.75) is 51.7 Å². The highest BCUT2D eigenvalue weighted by Crippen LogP contribution is 2.24. The SMILES string of the molecule is CCC(N)Cc1ccnc(C(C)(CC)OC)n1. The van der Waals surface area contributed by atoms with E-state index >= 15 is 0 Å². The Bertz CT molecular complexity index is 350. The first-order valence-electron chi connectivity index (χ1n) is 6.18. The summed E-state index contributed by atoms with van der Waals surface area (Å²) in [6, 6.07) is 2.08. The number of nitrogens with zero attached hydrogens (tertiary/aromatic N) is 2. The van der Waals surface area contributed by atoms with Gasteiger partial charge in [0, 0.05) is 31.5 Å². The largest absolute Gasteiger partial charge is 0.371 e.